The van der Waals surface area contributed by atoms with Gasteiger partial charge in [0.2, 0.25) is 0 Å². The largest absolute Gasteiger partial charge is 0.381 e. The molecule has 3 unspecified atom stereocenters. The quantitative estimate of drug-likeness (QED) is 0.802. The number of hydrogen-bond acceptors (Lipinski definition) is 3. The predicted molar refractivity (Wildman–Crippen MR) is 73.1 cm³/mol. The summed E-state index contributed by atoms with van der Waals surface area (Å²) in [5, 5.41) is 0. The Morgan fingerprint density at radius 1 is 1.41 bits per heavy atom. The van der Waals surface area contributed by atoms with Gasteiger partial charge < -0.3 is 10.5 Å². The van der Waals surface area contributed by atoms with E-state index in [9.17, 15) is 0 Å². The fraction of sp³-hybridized carbons (Fsp3) is 1.00. The van der Waals surface area contributed by atoms with Gasteiger partial charge in [-0.15, -0.1) is 0 Å². The summed E-state index contributed by atoms with van der Waals surface area (Å²) in [6.45, 7) is 11.6. The minimum absolute atomic E-state index is 0.132. The lowest BCUT2D eigenvalue weighted by Crippen LogP contribution is -2.62. The molecule has 1 heterocycles. The van der Waals surface area contributed by atoms with E-state index in [0.29, 0.717) is 12.0 Å². The van der Waals surface area contributed by atoms with Gasteiger partial charge in [-0.2, -0.15) is 0 Å². The van der Waals surface area contributed by atoms with Crippen LogP contribution >= 0.6 is 0 Å². The molecule has 2 N–H and O–H groups in total. The van der Waals surface area contributed by atoms with Gasteiger partial charge in [0.25, 0.3) is 0 Å². The fourth-order valence-electron chi connectivity index (χ4n) is 3.16. The number of ether oxygens (including phenoxy) is 1. The Kier molecular flexibility index (Phi) is 5.42. The van der Waals surface area contributed by atoms with E-state index in [1.807, 2.05) is 0 Å². The molecule has 0 radical (unpaired) electrons. The third-order valence-corrected chi connectivity index (χ3v) is 4.49. The first-order valence-corrected chi connectivity index (χ1v) is 6.94. The first-order chi connectivity index (χ1) is 7.94. The highest BCUT2D eigenvalue weighted by molar-refractivity contribution is 4.98. The molecule has 3 nitrogen and oxygen atoms in total. The lowest BCUT2D eigenvalue weighted by molar-refractivity contribution is -0.0710. The molecular formula is C14H30N2O. The van der Waals surface area contributed by atoms with Gasteiger partial charge in [0.1, 0.15) is 0 Å². The Hall–Kier alpha value is -0.120. The summed E-state index contributed by atoms with van der Waals surface area (Å²) in [7, 11) is 2.24. The van der Waals surface area contributed by atoms with Crippen molar-refractivity contribution in [1.29, 1.82) is 0 Å². The fourth-order valence-corrected chi connectivity index (χ4v) is 3.16. The second-order valence-corrected chi connectivity index (χ2v) is 6.12. The zero-order valence-corrected chi connectivity index (χ0v) is 12.2. The van der Waals surface area contributed by atoms with Crippen LogP contribution in [0.3, 0.4) is 0 Å². The van der Waals surface area contributed by atoms with Crippen LogP contribution in [0.1, 0.15) is 40.5 Å². The summed E-state index contributed by atoms with van der Waals surface area (Å²) in [4.78, 5) is 2.51. The van der Waals surface area contributed by atoms with Crippen LogP contribution in [0.15, 0.2) is 0 Å². The van der Waals surface area contributed by atoms with E-state index in [-0.39, 0.29) is 5.54 Å². The van der Waals surface area contributed by atoms with Gasteiger partial charge >= 0.3 is 0 Å². The summed E-state index contributed by atoms with van der Waals surface area (Å²) in [5.41, 5.74) is 6.23. The van der Waals surface area contributed by atoms with Gasteiger partial charge in [-0.3, -0.25) is 4.90 Å². The predicted octanol–water partition coefficient (Wildman–Crippen LogP) is 2.11. The van der Waals surface area contributed by atoms with Crippen LogP contribution in [-0.4, -0.2) is 43.3 Å². The van der Waals surface area contributed by atoms with Crippen molar-refractivity contribution in [2.75, 3.05) is 26.8 Å². The maximum atomic E-state index is 6.10. The summed E-state index contributed by atoms with van der Waals surface area (Å²) >= 11 is 0. The highest BCUT2D eigenvalue weighted by Gasteiger charge is 2.42. The van der Waals surface area contributed by atoms with E-state index in [4.69, 9.17) is 10.5 Å². The van der Waals surface area contributed by atoms with Crippen molar-refractivity contribution in [2.24, 2.45) is 17.6 Å². The molecule has 0 aromatic heterocycles. The molecular weight excluding hydrogens is 212 g/mol. The highest BCUT2D eigenvalue weighted by Crippen LogP contribution is 2.33. The Morgan fingerprint density at radius 2 is 2.06 bits per heavy atom. The Balaban J connectivity index is 2.76. The minimum Gasteiger partial charge on any atom is -0.381 e. The average Bonchev–Trinajstić information content (AvgIpc) is 2.28. The molecule has 0 amide bonds. The van der Waals surface area contributed by atoms with Crippen LogP contribution in [0, 0.1) is 11.8 Å². The van der Waals surface area contributed by atoms with Gasteiger partial charge in [0.15, 0.2) is 0 Å². The molecule has 0 saturated carbocycles. The van der Waals surface area contributed by atoms with Gasteiger partial charge in [0, 0.05) is 24.7 Å². The summed E-state index contributed by atoms with van der Waals surface area (Å²) in [5.74, 6) is 1.25. The monoisotopic (exact) mass is 242 g/mol. The third-order valence-electron chi connectivity index (χ3n) is 4.49. The molecule has 0 aromatic carbocycles. The van der Waals surface area contributed by atoms with Crippen molar-refractivity contribution in [1.82, 2.24) is 4.90 Å². The number of likely N-dealkylation sites (N-methyl/N-ethyl adjacent to an activating group) is 1. The molecule has 0 aliphatic carbocycles. The molecule has 0 aromatic rings. The molecule has 102 valence electrons. The topological polar surface area (TPSA) is 38.5 Å². The second-order valence-electron chi connectivity index (χ2n) is 6.12. The van der Waals surface area contributed by atoms with Gasteiger partial charge in [-0.05, 0) is 38.6 Å². The molecule has 1 fully saturated rings. The van der Waals surface area contributed by atoms with E-state index < -0.39 is 0 Å². The van der Waals surface area contributed by atoms with Crippen molar-refractivity contribution < 1.29 is 4.74 Å². The standard InChI is InChI=1S/C14H30N2O/c1-11(2)8-13(4)16(5)14(10-15)6-7-17-9-12(14)3/h11-13H,6-10,15H2,1-5H3. The van der Waals surface area contributed by atoms with E-state index in [1.54, 1.807) is 0 Å². The van der Waals surface area contributed by atoms with E-state index >= 15 is 0 Å². The zero-order chi connectivity index (χ0) is 13.1. The Labute approximate surface area is 107 Å². The Bertz CT molecular complexity index is 232. The maximum absolute atomic E-state index is 6.10. The SMILES string of the molecule is CC(C)CC(C)N(C)C1(CN)CCOCC1C. The summed E-state index contributed by atoms with van der Waals surface area (Å²) in [6, 6.07) is 0.582. The van der Waals surface area contributed by atoms with Crippen LogP contribution in [0.5, 0.6) is 0 Å². The molecule has 3 atom stereocenters. The minimum atomic E-state index is 0.132. The van der Waals surface area contributed by atoms with E-state index in [1.165, 1.54) is 6.42 Å². The average molecular weight is 242 g/mol. The van der Waals surface area contributed by atoms with Crippen LogP contribution in [0.4, 0.5) is 0 Å². The van der Waals surface area contributed by atoms with Crippen LogP contribution in [0.25, 0.3) is 0 Å². The van der Waals surface area contributed by atoms with Gasteiger partial charge in [-0.1, -0.05) is 20.8 Å². The molecule has 1 rings (SSSR count). The van der Waals surface area contributed by atoms with Crippen molar-refractivity contribution >= 4 is 0 Å². The third kappa shape index (κ3) is 3.21. The number of nitrogens with two attached hydrogens (primary N) is 1. The molecule has 3 heteroatoms. The lowest BCUT2D eigenvalue weighted by atomic mass is 9.78. The van der Waals surface area contributed by atoms with Gasteiger partial charge in [-0.25, -0.2) is 0 Å². The molecule has 1 saturated heterocycles. The first kappa shape index (κ1) is 14.9. The van der Waals surface area contributed by atoms with Crippen molar-refractivity contribution in [3.63, 3.8) is 0 Å². The molecule has 1 aliphatic heterocycles. The smallest absolute Gasteiger partial charge is 0.0509 e. The van der Waals surface area contributed by atoms with Crippen LogP contribution in [-0.2, 0) is 4.74 Å². The van der Waals surface area contributed by atoms with E-state index in [2.05, 4.69) is 39.6 Å². The van der Waals surface area contributed by atoms with Crippen LogP contribution in [0.2, 0.25) is 0 Å². The number of nitrogens with zero attached hydrogens (tertiary/aromatic N) is 1. The van der Waals surface area contributed by atoms with Crippen molar-refractivity contribution in [3.05, 3.63) is 0 Å². The number of hydrogen-bond donors (Lipinski definition) is 1. The normalized spacial score (nSPS) is 32.1. The second kappa shape index (κ2) is 6.17. The summed E-state index contributed by atoms with van der Waals surface area (Å²) in [6.07, 6.45) is 2.29. The number of rotatable bonds is 5. The molecule has 1 aliphatic rings. The Morgan fingerprint density at radius 3 is 2.53 bits per heavy atom. The van der Waals surface area contributed by atoms with E-state index in [0.717, 1.165) is 32.1 Å². The maximum Gasteiger partial charge on any atom is 0.0509 e. The van der Waals surface area contributed by atoms with Gasteiger partial charge in [0.05, 0.1) is 6.61 Å². The lowest BCUT2D eigenvalue weighted by Gasteiger charge is -2.50. The highest BCUT2D eigenvalue weighted by atomic mass is 16.5. The molecule has 17 heavy (non-hydrogen) atoms. The van der Waals surface area contributed by atoms with Crippen molar-refractivity contribution in [2.45, 2.75) is 52.1 Å². The molecule has 0 spiro atoms. The first-order valence-electron chi connectivity index (χ1n) is 6.94. The zero-order valence-electron chi connectivity index (χ0n) is 12.2. The summed E-state index contributed by atoms with van der Waals surface area (Å²) < 4.78 is 5.57. The van der Waals surface area contributed by atoms with Crippen molar-refractivity contribution in [3.8, 4) is 0 Å². The van der Waals surface area contributed by atoms with Crippen LogP contribution < -0.4 is 5.73 Å². The molecule has 0 bridgehead atoms.